The van der Waals surface area contributed by atoms with Gasteiger partial charge in [-0.2, -0.15) is 4.72 Å². The Morgan fingerprint density at radius 3 is 2.26 bits per heavy atom. The zero-order valence-corrected chi connectivity index (χ0v) is 17.6. The predicted molar refractivity (Wildman–Crippen MR) is 115 cm³/mol. The van der Waals surface area contributed by atoms with Gasteiger partial charge in [0.25, 0.3) is 5.78 Å². The molecule has 0 fully saturated rings. The van der Waals surface area contributed by atoms with Crippen LogP contribution >= 0.6 is 0 Å². The molecule has 0 aromatic heterocycles. The summed E-state index contributed by atoms with van der Waals surface area (Å²) in [6.45, 7) is 1.87. The summed E-state index contributed by atoms with van der Waals surface area (Å²) in [5, 5.41) is 0. The third-order valence-electron chi connectivity index (χ3n) is 5.28. The molecule has 1 aliphatic carbocycles. The van der Waals surface area contributed by atoms with Gasteiger partial charge in [0.1, 0.15) is 6.10 Å². The number of hydrogen-bond acceptors (Lipinski definition) is 5. The lowest BCUT2D eigenvalue weighted by Crippen LogP contribution is -2.37. The SMILES string of the molecule is Cc1ccc(S(=O)(=O)N[C@H]2c3ccccc3C[C@H]2OC(=O)C(=O)c2ccccc2)cc1. The van der Waals surface area contributed by atoms with Gasteiger partial charge in [0, 0.05) is 12.0 Å². The number of benzene rings is 3. The maximum absolute atomic E-state index is 13.0. The van der Waals surface area contributed by atoms with Crippen LogP contribution in [0.2, 0.25) is 0 Å². The second-order valence-corrected chi connectivity index (χ2v) is 9.17. The Labute approximate surface area is 180 Å². The van der Waals surface area contributed by atoms with Gasteiger partial charge in [-0.25, -0.2) is 13.2 Å². The zero-order valence-electron chi connectivity index (χ0n) is 16.8. The van der Waals surface area contributed by atoms with Crippen LogP contribution in [0.3, 0.4) is 0 Å². The molecule has 0 radical (unpaired) electrons. The van der Waals surface area contributed by atoms with Gasteiger partial charge in [-0.15, -0.1) is 0 Å². The Bertz CT molecular complexity index is 1220. The highest BCUT2D eigenvalue weighted by molar-refractivity contribution is 7.89. The molecule has 1 N–H and O–H groups in total. The predicted octanol–water partition coefficient (Wildman–Crippen LogP) is 3.37. The van der Waals surface area contributed by atoms with Gasteiger partial charge in [0.05, 0.1) is 10.9 Å². The highest BCUT2D eigenvalue weighted by atomic mass is 32.2. The Hall–Kier alpha value is -3.29. The molecule has 158 valence electrons. The minimum atomic E-state index is -3.87. The van der Waals surface area contributed by atoms with E-state index in [4.69, 9.17) is 4.74 Å². The van der Waals surface area contributed by atoms with Gasteiger partial charge in [-0.3, -0.25) is 4.79 Å². The van der Waals surface area contributed by atoms with Crippen molar-refractivity contribution in [2.45, 2.75) is 30.4 Å². The lowest BCUT2D eigenvalue weighted by molar-refractivity contribution is -0.144. The van der Waals surface area contributed by atoms with E-state index in [1.54, 1.807) is 42.5 Å². The first kappa shape index (κ1) is 21.0. The van der Waals surface area contributed by atoms with Crippen molar-refractivity contribution in [3.05, 3.63) is 101 Å². The van der Waals surface area contributed by atoms with Gasteiger partial charge in [-0.05, 0) is 30.2 Å². The molecule has 2 atom stereocenters. The maximum Gasteiger partial charge on any atom is 0.380 e. The summed E-state index contributed by atoms with van der Waals surface area (Å²) in [6, 6.07) is 21.1. The topological polar surface area (TPSA) is 89.5 Å². The van der Waals surface area contributed by atoms with Crippen molar-refractivity contribution in [3.8, 4) is 0 Å². The number of esters is 1. The summed E-state index contributed by atoms with van der Waals surface area (Å²) in [5.74, 6) is -1.78. The summed E-state index contributed by atoms with van der Waals surface area (Å²) >= 11 is 0. The Morgan fingerprint density at radius 2 is 1.55 bits per heavy atom. The summed E-state index contributed by atoms with van der Waals surface area (Å²) in [7, 11) is -3.87. The van der Waals surface area contributed by atoms with Crippen LogP contribution in [-0.4, -0.2) is 26.3 Å². The smallest absolute Gasteiger partial charge is 0.380 e. The van der Waals surface area contributed by atoms with Gasteiger partial charge in [0.15, 0.2) is 0 Å². The Kier molecular flexibility index (Phi) is 5.71. The number of aryl methyl sites for hydroxylation is 1. The highest BCUT2D eigenvalue weighted by Gasteiger charge is 2.39. The molecule has 0 unspecified atom stereocenters. The molecule has 0 saturated carbocycles. The number of carbonyl (C=O) groups excluding carboxylic acids is 2. The summed E-state index contributed by atoms with van der Waals surface area (Å²) in [6.07, 6.45) is -0.525. The summed E-state index contributed by atoms with van der Waals surface area (Å²) in [5.41, 5.74) is 2.75. The van der Waals surface area contributed by atoms with Gasteiger partial charge in [-0.1, -0.05) is 72.3 Å². The third-order valence-corrected chi connectivity index (χ3v) is 6.73. The Morgan fingerprint density at radius 1 is 0.903 bits per heavy atom. The van der Waals surface area contributed by atoms with Crippen LogP contribution < -0.4 is 4.72 Å². The van der Waals surface area contributed by atoms with Crippen LogP contribution in [0, 0.1) is 6.92 Å². The van der Waals surface area contributed by atoms with E-state index < -0.39 is 33.9 Å². The summed E-state index contributed by atoms with van der Waals surface area (Å²) < 4.78 is 34.1. The van der Waals surface area contributed by atoms with Crippen LogP contribution in [-0.2, 0) is 26.0 Å². The van der Waals surface area contributed by atoms with Crippen LogP contribution in [0.5, 0.6) is 0 Å². The van der Waals surface area contributed by atoms with Crippen molar-refractivity contribution in [2.75, 3.05) is 0 Å². The van der Waals surface area contributed by atoms with E-state index in [9.17, 15) is 18.0 Å². The van der Waals surface area contributed by atoms with Crippen molar-refractivity contribution in [2.24, 2.45) is 0 Å². The largest absolute Gasteiger partial charge is 0.454 e. The number of carbonyl (C=O) groups is 2. The maximum atomic E-state index is 13.0. The lowest BCUT2D eigenvalue weighted by Gasteiger charge is -2.22. The van der Waals surface area contributed by atoms with Crippen LogP contribution in [0.25, 0.3) is 0 Å². The van der Waals surface area contributed by atoms with Crippen molar-refractivity contribution < 1.29 is 22.7 Å². The molecule has 3 aromatic rings. The molecule has 0 amide bonds. The average Bonchev–Trinajstić information content (AvgIpc) is 3.10. The number of hydrogen-bond donors (Lipinski definition) is 1. The number of rotatable bonds is 6. The molecule has 31 heavy (non-hydrogen) atoms. The van der Waals surface area contributed by atoms with Gasteiger partial charge >= 0.3 is 5.97 Å². The lowest BCUT2D eigenvalue weighted by atomic mass is 10.1. The second-order valence-electron chi connectivity index (χ2n) is 7.45. The first-order valence-electron chi connectivity index (χ1n) is 9.82. The molecule has 0 spiro atoms. The highest BCUT2D eigenvalue weighted by Crippen LogP contribution is 2.34. The van der Waals surface area contributed by atoms with Crippen molar-refractivity contribution in [1.82, 2.24) is 4.72 Å². The van der Waals surface area contributed by atoms with Crippen LogP contribution in [0.15, 0.2) is 83.8 Å². The fraction of sp³-hybridized carbons (Fsp3) is 0.167. The number of ether oxygens (including phenoxy) is 1. The Balaban J connectivity index is 1.59. The van der Waals surface area contributed by atoms with Gasteiger partial charge in [0.2, 0.25) is 10.0 Å². The monoisotopic (exact) mass is 435 g/mol. The third kappa shape index (κ3) is 4.42. The van der Waals surface area contributed by atoms with E-state index in [1.165, 1.54) is 24.3 Å². The molecule has 1 aliphatic rings. The quantitative estimate of drug-likeness (QED) is 0.364. The second kappa shape index (κ2) is 8.45. The molecule has 0 heterocycles. The minimum Gasteiger partial charge on any atom is -0.454 e. The zero-order chi connectivity index (χ0) is 22.0. The van der Waals surface area contributed by atoms with E-state index in [-0.39, 0.29) is 10.5 Å². The molecular formula is C24H21NO5S. The minimum absolute atomic E-state index is 0.118. The molecule has 0 saturated heterocycles. The number of nitrogens with one attached hydrogen (secondary N) is 1. The van der Waals surface area contributed by atoms with Gasteiger partial charge < -0.3 is 4.74 Å². The fourth-order valence-corrected chi connectivity index (χ4v) is 4.90. The van der Waals surface area contributed by atoms with Crippen LogP contribution in [0.4, 0.5) is 0 Å². The first-order valence-corrected chi connectivity index (χ1v) is 11.3. The normalized spacial score (nSPS) is 17.7. The molecule has 0 aliphatic heterocycles. The molecule has 0 bridgehead atoms. The summed E-state index contributed by atoms with van der Waals surface area (Å²) in [4.78, 5) is 25.1. The van der Waals surface area contributed by atoms with E-state index >= 15 is 0 Å². The number of sulfonamides is 1. The molecule has 3 aromatic carbocycles. The number of fused-ring (bicyclic) bond motifs is 1. The first-order chi connectivity index (χ1) is 14.8. The van der Waals surface area contributed by atoms with E-state index in [0.29, 0.717) is 6.42 Å². The van der Waals surface area contributed by atoms with Crippen molar-refractivity contribution in [1.29, 1.82) is 0 Å². The van der Waals surface area contributed by atoms with E-state index in [2.05, 4.69) is 4.72 Å². The molecule has 6 nitrogen and oxygen atoms in total. The molecule has 7 heteroatoms. The van der Waals surface area contributed by atoms with Crippen molar-refractivity contribution in [3.63, 3.8) is 0 Å². The standard InChI is InChI=1S/C24H21NO5S/c1-16-11-13-19(14-12-16)31(28,29)25-22-20-10-6-5-9-18(20)15-21(22)30-24(27)23(26)17-7-3-2-4-8-17/h2-14,21-22,25H,15H2,1H3/t21-,22+/m1/s1. The number of ketones is 1. The fourth-order valence-electron chi connectivity index (χ4n) is 3.66. The molecule has 4 rings (SSSR count). The van der Waals surface area contributed by atoms with E-state index in [0.717, 1.165) is 16.7 Å². The average molecular weight is 436 g/mol. The van der Waals surface area contributed by atoms with E-state index in [1.807, 2.05) is 19.1 Å². The molecular weight excluding hydrogens is 414 g/mol. The van der Waals surface area contributed by atoms with Crippen LogP contribution in [0.1, 0.15) is 33.1 Å². The van der Waals surface area contributed by atoms with Crippen molar-refractivity contribution >= 4 is 21.8 Å². The number of Topliss-reactive ketones (excluding diaryl/α,β-unsaturated/α-hetero) is 1.